The molecule has 2 aliphatic carbocycles. The lowest BCUT2D eigenvalue weighted by Gasteiger charge is -2.28. The van der Waals surface area contributed by atoms with Crippen LogP contribution in [0.5, 0.6) is 0 Å². The van der Waals surface area contributed by atoms with Crippen molar-refractivity contribution in [1.29, 1.82) is 5.26 Å². The molecule has 1 N–H and O–H groups in total. The minimum atomic E-state index is 0.211. The molecule has 0 radical (unpaired) electrons. The van der Waals surface area contributed by atoms with Crippen LogP contribution in [0.15, 0.2) is 0 Å². The number of ether oxygens (including phenoxy) is 1. The maximum absolute atomic E-state index is 9.04. The predicted molar refractivity (Wildman–Crippen MR) is 60.7 cm³/mol. The summed E-state index contributed by atoms with van der Waals surface area (Å²) in [6.07, 6.45) is 7.68. The number of nitrogens with zero attached hydrogens (tertiary/aromatic N) is 1. The molecule has 2 fully saturated rings. The number of aliphatic hydroxyl groups excluding tert-OH is 1. The zero-order valence-electron chi connectivity index (χ0n) is 9.82. The van der Waals surface area contributed by atoms with E-state index in [9.17, 15) is 0 Å². The molecule has 3 heteroatoms. The molecule has 0 bridgehead atoms. The summed E-state index contributed by atoms with van der Waals surface area (Å²) in [7, 11) is 0. The first-order valence-electron chi connectivity index (χ1n) is 6.37. The zero-order chi connectivity index (χ0) is 11.4. The van der Waals surface area contributed by atoms with E-state index in [1.165, 1.54) is 0 Å². The second kappa shape index (κ2) is 5.16. The first-order valence-corrected chi connectivity index (χ1v) is 6.37. The van der Waals surface area contributed by atoms with Gasteiger partial charge in [0.2, 0.25) is 0 Å². The lowest BCUT2D eigenvalue weighted by Crippen LogP contribution is -2.25. The summed E-state index contributed by atoms with van der Waals surface area (Å²) in [6.45, 7) is 1.10. The molecule has 0 atom stereocenters. The second-order valence-corrected chi connectivity index (χ2v) is 5.47. The van der Waals surface area contributed by atoms with Crippen molar-refractivity contribution in [3.63, 3.8) is 0 Å². The fourth-order valence-corrected chi connectivity index (χ4v) is 2.49. The minimum absolute atomic E-state index is 0.211. The Kier molecular flexibility index (Phi) is 3.83. The largest absolute Gasteiger partial charge is 0.396 e. The topological polar surface area (TPSA) is 53.2 Å². The van der Waals surface area contributed by atoms with Crippen molar-refractivity contribution in [2.75, 3.05) is 13.2 Å². The van der Waals surface area contributed by atoms with Crippen LogP contribution in [0.1, 0.15) is 44.9 Å². The van der Waals surface area contributed by atoms with Gasteiger partial charge < -0.3 is 9.84 Å². The van der Waals surface area contributed by atoms with Gasteiger partial charge in [0.05, 0.1) is 18.8 Å². The number of rotatable bonds is 5. The molecule has 0 aromatic heterocycles. The molecule has 0 heterocycles. The molecule has 0 amide bonds. The molecule has 2 aliphatic rings. The summed E-state index contributed by atoms with van der Waals surface area (Å²) in [5, 5.41) is 17.8. The van der Waals surface area contributed by atoms with Crippen LogP contribution in [0, 0.1) is 22.7 Å². The number of nitriles is 1. The van der Waals surface area contributed by atoms with Crippen molar-refractivity contribution < 1.29 is 9.84 Å². The Hall–Kier alpha value is -0.590. The smallest absolute Gasteiger partial charge is 0.0628 e. The molecule has 0 spiro atoms. The third-order valence-corrected chi connectivity index (χ3v) is 4.09. The van der Waals surface area contributed by atoms with Crippen LogP contribution in [-0.4, -0.2) is 24.4 Å². The SMILES string of the molecule is N#CCC1(COC2CCC(CO)CC2)CC1. The molecule has 90 valence electrons. The van der Waals surface area contributed by atoms with Crippen LogP contribution in [0.3, 0.4) is 0 Å². The summed E-state index contributed by atoms with van der Waals surface area (Å²) < 4.78 is 5.92. The Labute approximate surface area is 97.4 Å². The monoisotopic (exact) mass is 223 g/mol. The van der Waals surface area contributed by atoms with Crippen molar-refractivity contribution in [3.8, 4) is 6.07 Å². The highest BCUT2D eigenvalue weighted by Crippen LogP contribution is 2.49. The second-order valence-electron chi connectivity index (χ2n) is 5.47. The fourth-order valence-electron chi connectivity index (χ4n) is 2.49. The number of hydrogen-bond donors (Lipinski definition) is 1. The van der Waals surface area contributed by atoms with Gasteiger partial charge in [0.1, 0.15) is 0 Å². The van der Waals surface area contributed by atoms with Gasteiger partial charge in [-0.25, -0.2) is 0 Å². The molecule has 2 saturated carbocycles. The lowest BCUT2D eigenvalue weighted by molar-refractivity contribution is -0.0104. The third kappa shape index (κ3) is 2.96. The molecule has 0 unspecified atom stereocenters. The molecule has 0 aromatic rings. The minimum Gasteiger partial charge on any atom is -0.396 e. The summed E-state index contributed by atoms with van der Waals surface area (Å²) in [5.41, 5.74) is 0.211. The Morgan fingerprint density at radius 1 is 1.25 bits per heavy atom. The third-order valence-electron chi connectivity index (χ3n) is 4.09. The van der Waals surface area contributed by atoms with Gasteiger partial charge in [-0.2, -0.15) is 5.26 Å². The van der Waals surface area contributed by atoms with Crippen molar-refractivity contribution in [2.24, 2.45) is 11.3 Å². The van der Waals surface area contributed by atoms with Crippen molar-refractivity contribution in [2.45, 2.75) is 51.0 Å². The zero-order valence-corrected chi connectivity index (χ0v) is 9.82. The van der Waals surface area contributed by atoms with Crippen LogP contribution in [0.2, 0.25) is 0 Å². The van der Waals surface area contributed by atoms with Crippen LogP contribution in [0.25, 0.3) is 0 Å². The van der Waals surface area contributed by atoms with Gasteiger partial charge in [-0.05, 0) is 44.4 Å². The quantitative estimate of drug-likeness (QED) is 0.777. The highest BCUT2D eigenvalue weighted by atomic mass is 16.5. The van der Waals surface area contributed by atoms with Gasteiger partial charge >= 0.3 is 0 Å². The van der Waals surface area contributed by atoms with E-state index in [1.54, 1.807) is 0 Å². The highest BCUT2D eigenvalue weighted by molar-refractivity contribution is 4.99. The van der Waals surface area contributed by atoms with Gasteiger partial charge in [0.15, 0.2) is 0 Å². The maximum Gasteiger partial charge on any atom is 0.0628 e. The standard InChI is InChI=1S/C13H21NO2/c14-8-7-13(5-6-13)10-16-12-3-1-11(9-15)2-4-12/h11-12,15H,1-7,9-10H2. The summed E-state index contributed by atoms with van der Waals surface area (Å²) in [6, 6.07) is 2.26. The van der Waals surface area contributed by atoms with Crippen LogP contribution in [-0.2, 0) is 4.74 Å². The van der Waals surface area contributed by atoms with E-state index in [1.807, 2.05) is 0 Å². The number of hydrogen-bond acceptors (Lipinski definition) is 3. The molecule has 3 nitrogen and oxygen atoms in total. The Bertz CT molecular complexity index is 260. The van der Waals surface area contributed by atoms with Gasteiger partial charge in [-0.1, -0.05) is 0 Å². The van der Waals surface area contributed by atoms with E-state index in [4.69, 9.17) is 15.1 Å². The van der Waals surface area contributed by atoms with Crippen LogP contribution < -0.4 is 0 Å². The molecule has 2 rings (SSSR count). The molecule has 16 heavy (non-hydrogen) atoms. The summed E-state index contributed by atoms with van der Waals surface area (Å²) in [5.74, 6) is 0.494. The Balaban J connectivity index is 1.66. The van der Waals surface area contributed by atoms with Crippen molar-refractivity contribution >= 4 is 0 Å². The average Bonchev–Trinajstić information content (AvgIpc) is 3.08. The van der Waals surface area contributed by atoms with Gasteiger partial charge in [-0.15, -0.1) is 0 Å². The normalized spacial score (nSPS) is 32.0. The first kappa shape index (κ1) is 11.9. The fraction of sp³-hybridized carbons (Fsp3) is 0.923. The van der Waals surface area contributed by atoms with E-state index in [0.717, 1.165) is 45.1 Å². The Morgan fingerprint density at radius 2 is 1.94 bits per heavy atom. The first-order chi connectivity index (χ1) is 7.78. The lowest BCUT2D eigenvalue weighted by atomic mass is 9.88. The van der Waals surface area contributed by atoms with Gasteiger partial charge in [0.25, 0.3) is 0 Å². The van der Waals surface area contributed by atoms with Crippen molar-refractivity contribution in [1.82, 2.24) is 0 Å². The molecular weight excluding hydrogens is 202 g/mol. The van der Waals surface area contributed by atoms with Gasteiger partial charge in [0, 0.05) is 18.4 Å². The Morgan fingerprint density at radius 3 is 2.44 bits per heavy atom. The highest BCUT2D eigenvalue weighted by Gasteiger charge is 2.43. The van der Waals surface area contributed by atoms with E-state index in [0.29, 0.717) is 25.0 Å². The number of aliphatic hydroxyl groups is 1. The van der Waals surface area contributed by atoms with E-state index >= 15 is 0 Å². The molecular formula is C13H21NO2. The maximum atomic E-state index is 9.04. The van der Waals surface area contributed by atoms with E-state index in [2.05, 4.69) is 6.07 Å². The average molecular weight is 223 g/mol. The molecule has 0 aliphatic heterocycles. The van der Waals surface area contributed by atoms with Gasteiger partial charge in [-0.3, -0.25) is 0 Å². The van der Waals surface area contributed by atoms with E-state index in [-0.39, 0.29) is 5.41 Å². The van der Waals surface area contributed by atoms with Crippen molar-refractivity contribution in [3.05, 3.63) is 0 Å². The summed E-state index contributed by atoms with van der Waals surface area (Å²) >= 11 is 0. The van der Waals surface area contributed by atoms with Crippen LogP contribution in [0.4, 0.5) is 0 Å². The van der Waals surface area contributed by atoms with E-state index < -0.39 is 0 Å². The molecule has 0 saturated heterocycles. The molecule has 0 aromatic carbocycles. The predicted octanol–water partition coefficient (Wildman–Crippen LogP) is 2.25. The summed E-state index contributed by atoms with van der Waals surface area (Å²) in [4.78, 5) is 0. The van der Waals surface area contributed by atoms with Crippen LogP contribution >= 0.6 is 0 Å².